The molecule has 1 amide bonds. The van der Waals surface area contributed by atoms with Crippen LogP contribution in [0.2, 0.25) is 0 Å². The molecule has 0 aliphatic rings. The van der Waals surface area contributed by atoms with Crippen LogP contribution >= 0.6 is 0 Å². The molecule has 3 heterocycles. The van der Waals surface area contributed by atoms with Crippen molar-refractivity contribution in [3.63, 3.8) is 0 Å². The van der Waals surface area contributed by atoms with Gasteiger partial charge in [0.25, 0.3) is 5.91 Å². The minimum absolute atomic E-state index is 0.157. The number of anilines is 1. The Morgan fingerprint density at radius 1 is 1.00 bits per heavy atom. The Bertz CT molecular complexity index is 1540. The van der Waals surface area contributed by atoms with E-state index in [1.807, 2.05) is 73.7 Å². The van der Waals surface area contributed by atoms with Gasteiger partial charge in [-0.05, 0) is 50.2 Å². The number of rotatable bonds is 6. The lowest BCUT2D eigenvalue weighted by atomic mass is 10.1. The first-order chi connectivity index (χ1) is 17.0. The highest BCUT2D eigenvalue weighted by Crippen LogP contribution is 2.28. The standard InChI is InChI=1S/C27H22N4O4/c1-3-34-27(33)21-16-28-31(18-9-5-4-6-10-18)25(21)30-26(32)20-15-23(24-14-13-17(2)35-24)29-22-12-8-7-11-19(20)22/h4-16H,3H2,1-2H3,(H,30,32). The molecule has 0 aliphatic heterocycles. The predicted molar refractivity (Wildman–Crippen MR) is 132 cm³/mol. The van der Waals surface area contributed by atoms with Crippen molar-refractivity contribution in [1.82, 2.24) is 14.8 Å². The van der Waals surface area contributed by atoms with Crippen molar-refractivity contribution in [2.45, 2.75) is 13.8 Å². The number of esters is 1. The lowest BCUT2D eigenvalue weighted by Crippen LogP contribution is -2.18. The second-order valence-corrected chi connectivity index (χ2v) is 7.81. The van der Waals surface area contributed by atoms with E-state index in [1.54, 1.807) is 13.0 Å². The predicted octanol–water partition coefficient (Wildman–Crippen LogP) is 5.42. The minimum Gasteiger partial charge on any atom is -0.462 e. The molecule has 0 atom stereocenters. The Hall–Kier alpha value is -4.72. The van der Waals surface area contributed by atoms with Crippen molar-refractivity contribution >= 4 is 28.6 Å². The number of carbonyl (C=O) groups is 2. The number of furan rings is 1. The highest BCUT2D eigenvalue weighted by Gasteiger charge is 2.23. The molecule has 174 valence electrons. The molecule has 0 spiro atoms. The van der Waals surface area contributed by atoms with Crippen molar-refractivity contribution in [2.24, 2.45) is 0 Å². The van der Waals surface area contributed by atoms with Crippen LogP contribution < -0.4 is 5.32 Å². The van der Waals surface area contributed by atoms with Crippen LogP contribution in [0.5, 0.6) is 0 Å². The fraction of sp³-hybridized carbons (Fsp3) is 0.111. The molecule has 0 saturated carbocycles. The molecule has 0 radical (unpaired) electrons. The SMILES string of the molecule is CCOC(=O)c1cnn(-c2ccccc2)c1NC(=O)c1cc(-c2ccc(C)o2)nc2ccccc12. The van der Waals surface area contributed by atoms with Crippen molar-refractivity contribution in [3.8, 4) is 17.1 Å². The van der Waals surface area contributed by atoms with Crippen LogP contribution in [0, 0.1) is 6.92 Å². The zero-order valence-electron chi connectivity index (χ0n) is 19.2. The number of aromatic nitrogens is 3. The zero-order chi connectivity index (χ0) is 24.4. The van der Waals surface area contributed by atoms with Gasteiger partial charge in [0.2, 0.25) is 0 Å². The highest BCUT2D eigenvalue weighted by molar-refractivity contribution is 6.14. The lowest BCUT2D eigenvalue weighted by Gasteiger charge is -2.13. The van der Waals surface area contributed by atoms with Gasteiger partial charge in [0.05, 0.1) is 29.6 Å². The van der Waals surface area contributed by atoms with E-state index < -0.39 is 11.9 Å². The van der Waals surface area contributed by atoms with Crippen LogP contribution in [0.1, 0.15) is 33.4 Å². The number of ether oxygens (including phenoxy) is 1. The molecule has 0 unspecified atom stereocenters. The van der Waals surface area contributed by atoms with Gasteiger partial charge in [0, 0.05) is 5.39 Å². The van der Waals surface area contributed by atoms with Crippen molar-refractivity contribution in [1.29, 1.82) is 0 Å². The van der Waals surface area contributed by atoms with Crippen molar-refractivity contribution < 1.29 is 18.7 Å². The molecule has 2 aromatic carbocycles. The number of carbonyl (C=O) groups excluding carboxylic acids is 2. The Morgan fingerprint density at radius 3 is 2.51 bits per heavy atom. The van der Waals surface area contributed by atoms with E-state index in [0.717, 1.165) is 5.76 Å². The number of para-hydroxylation sites is 2. The monoisotopic (exact) mass is 466 g/mol. The number of nitrogens with one attached hydrogen (secondary N) is 1. The van der Waals surface area contributed by atoms with Crippen LogP contribution in [0.25, 0.3) is 28.0 Å². The maximum absolute atomic E-state index is 13.7. The lowest BCUT2D eigenvalue weighted by molar-refractivity contribution is 0.0527. The normalized spacial score (nSPS) is 10.9. The molecule has 8 heteroatoms. The summed E-state index contributed by atoms with van der Waals surface area (Å²) in [5.41, 5.74) is 2.40. The molecule has 0 bridgehead atoms. The van der Waals surface area contributed by atoms with Crippen LogP contribution in [0.4, 0.5) is 5.82 Å². The van der Waals surface area contributed by atoms with Crippen LogP contribution in [-0.2, 0) is 4.74 Å². The summed E-state index contributed by atoms with van der Waals surface area (Å²) in [4.78, 5) is 31.0. The van der Waals surface area contributed by atoms with E-state index in [-0.39, 0.29) is 18.0 Å². The van der Waals surface area contributed by atoms with Gasteiger partial charge in [-0.25, -0.2) is 14.5 Å². The highest BCUT2D eigenvalue weighted by atomic mass is 16.5. The van der Waals surface area contributed by atoms with E-state index in [1.165, 1.54) is 10.9 Å². The molecular weight excluding hydrogens is 444 g/mol. The van der Waals surface area contributed by atoms with Gasteiger partial charge in [-0.1, -0.05) is 36.4 Å². The van der Waals surface area contributed by atoms with Gasteiger partial charge in [-0.15, -0.1) is 0 Å². The Morgan fingerprint density at radius 2 is 1.77 bits per heavy atom. The fourth-order valence-electron chi connectivity index (χ4n) is 3.83. The summed E-state index contributed by atoms with van der Waals surface area (Å²) in [6.45, 7) is 3.77. The molecule has 8 nitrogen and oxygen atoms in total. The average molecular weight is 466 g/mol. The maximum atomic E-state index is 13.7. The summed E-state index contributed by atoms with van der Waals surface area (Å²) in [7, 11) is 0. The minimum atomic E-state index is -0.573. The molecule has 35 heavy (non-hydrogen) atoms. The summed E-state index contributed by atoms with van der Waals surface area (Å²) in [6, 6.07) is 21.9. The van der Waals surface area contributed by atoms with E-state index >= 15 is 0 Å². The Balaban J connectivity index is 1.61. The molecule has 5 aromatic rings. The van der Waals surface area contributed by atoms with Gasteiger partial charge in [-0.3, -0.25) is 4.79 Å². The first-order valence-electron chi connectivity index (χ1n) is 11.1. The number of benzene rings is 2. The van der Waals surface area contributed by atoms with Gasteiger partial charge in [-0.2, -0.15) is 5.10 Å². The summed E-state index contributed by atoms with van der Waals surface area (Å²) < 4.78 is 12.4. The number of hydrogen-bond acceptors (Lipinski definition) is 6. The summed E-state index contributed by atoms with van der Waals surface area (Å²) in [5, 5.41) is 7.90. The summed E-state index contributed by atoms with van der Waals surface area (Å²) in [6.07, 6.45) is 1.39. The van der Waals surface area contributed by atoms with E-state index in [0.29, 0.717) is 33.6 Å². The van der Waals surface area contributed by atoms with Crippen molar-refractivity contribution in [3.05, 3.63) is 95.9 Å². The Labute approximate surface area is 201 Å². The summed E-state index contributed by atoms with van der Waals surface area (Å²) in [5.74, 6) is 0.527. The number of aryl methyl sites for hydroxylation is 1. The molecular formula is C27H22N4O4. The average Bonchev–Trinajstić information content (AvgIpc) is 3.50. The third-order valence-corrected chi connectivity index (χ3v) is 5.45. The summed E-state index contributed by atoms with van der Waals surface area (Å²) >= 11 is 0. The number of hydrogen-bond donors (Lipinski definition) is 1. The second-order valence-electron chi connectivity index (χ2n) is 7.81. The largest absolute Gasteiger partial charge is 0.462 e. The van der Waals surface area contributed by atoms with E-state index in [4.69, 9.17) is 9.15 Å². The number of amides is 1. The molecule has 0 saturated heterocycles. The molecule has 0 fully saturated rings. The van der Waals surface area contributed by atoms with Gasteiger partial charge >= 0.3 is 5.97 Å². The first-order valence-corrected chi connectivity index (χ1v) is 11.1. The first kappa shape index (κ1) is 22.1. The van der Waals surface area contributed by atoms with Gasteiger partial charge in [0.1, 0.15) is 17.0 Å². The molecule has 1 N–H and O–H groups in total. The maximum Gasteiger partial charge on any atom is 0.343 e. The smallest absolute Gasteiger partial charge is 0.343 e. The van der Waals surface area contributed by atoms with Gasteiger partial charge in [0.15, 0.2) is 11.6 Å². The topological polar surface area (TPSA) is 99.2 Å². The molecule has 0 aliphatic carbocycles. The van der Waals surface area contributed by atoms with Crippen LogP contribution in [0.15, 0.2) is 83.4 Å². The second kappa shape index (κ2) is 9.26. The van der Waals surface area contributed by atoms with Gasteiger partial charge < -0.3 is 14.5 Å². The third-order valence-electron chi connectivity index (χ3n) is 5.45. The Kier molecular flexibility index (Phi) is 5.85. The number of pyridine rings is 1. The van der Waals surface area contributed by atoms with E-state index in [2.05, 4.69) is 15.4 Å². The third kappa shape index (κ3) is 4.29. The van der Waals surface area contributed by atoms with Crippen molar-refractivity contribution in [2.75, 3.05) is 11.9 Å². The molecule has 3 aromatic heterocycles. The molecule has 5 rings (SSSR count). The quantitative estimate of drug-likeness (QED) is 0.336. The number of fused-ring (bicyclic) bond motifs is 1. The van der Waals surface area contributed by atoms with Crippen LogP contribution in [-0.4, -0.2) is 33.2 Å². The fourth-order valence-corrected chi connectivity index (χ4v) is 3.83. The van der Waals surface area contributed by atoms with E-state index in [9.17, 15) is 9.59 Å². The van der Waals surface area contributed by atoms with Crippen LogP contribution in [0.3, 0.4) is 0 Å². The zero-order valence-corrected chi connectivity index (χ0v) is 19.2. The number of nitrogens with zero attached hydrogens (tertiary/aromatic N) is 3.